The van der Waals surface area contributed by atoms with Crippen molar-refractivity contribution in [2.75, 3.05) is 0 Å². The van der Waals surface area contributed by atoms with Gasteiger partial charge in [0.2, 0.25) is 0 Å². The van der Waals surface area contributed by atoms with Gasteiger partial charge in [-0.05, 0) is 33.4 Å². The third kappa shape index (κ3) is 3.13. The Kier molecular flexibility index (Phi) is 4.53. The minimum atomic E-state index is -1.000. The van der Waals surface area contributed by atoms with Crippen LogP contribution in [0.3, 0.4) is 0 Å². The molecule has 2 atom stereocenters. The Morgan fingerprint density at radius 1 is 0.423 bits per heavy atom. The average molecular weight is 340 g/mol. The summed E-state index contributed by atoms with van der Waals surface area (Å²) in [5, 5.41) is 21.7. The molecule has 0 unspecified atom stereocenters. The Bertz CT molecular complexity index is 904. The quantitative estimate of drug-likeness (QED) is 0.597. The van der Waals surface area contributed by atoms with Crippen LogP contribution in [0.2, 0.25) is 0 Å². The van der Waals surface area contributed by atoms with Crippen LogP contribution in [0.15, 0.2) is 72.8 Å². The number of aliphatic hydroxyl groups excluding tert-OH is 2. The van der Waals surface area contributed by atoms with Crippen molar-refractivity contribution in [2.45, 2.75) is 12.2 Å². The van der Waals surface area contributed by atoms with Crippen LogP contribution in [0, 0.1) is 0 Å². The van der Waals surface area contributed by atoms with Crippen molar-refractivity contribution in [3.63, 3.8) is 0 Å². The minimum Gasteiger partial charge on any atom is -0.385 e. The highest BCUT2D eigenvalue weighted by molar-refractivity contribution is 5.80. The van der Waals surface area contributed by atoms with Crippen molar-refractivity contribution in [2.24, 2.45) is 0 Å². The molecule has 0 bridgehead atoms. The summed E-state index contributed by atoms with van der Waals surface area (Å²) < 4.78 is 0. The molecule has 0 saturated carbocycles. The second-order valence-electron chi connectivity index (χ2n) is 6.44. The van der Waals surface area contributed by atoms with Crippen molar-refractivity contribution in [1.82, 2.24) is 0 Å². The van der Waals surface area contributed by atoms with E-state index < -0.39 is 12.2 Å². The van der Waals surface area contributed by atoms with Gasteiger partial charge in [-0.25, -0.2) is 0 Å². The van der Waals surface area contributed by atoms with Gasteiger partial charge < -0.3 is 10.2 Å². The molecule has 2 nitrogen and oxygen atoms in total. The van der Waals surface area contributed by atoms with E-state index in [9.17, 15) is 10.2 Å². The number of rotatable bonds is 0. The lowest BCUT2D eigenvalue weighted by Gasteiger charge is -2.22. The van der Waals surface area contributed by atoms with Crippen LogP contribution in [-0.2, 0) is 0 Å². The maximum absolute atomic E-state index is 10.8. The third-order valence-electron chi connectivity index (χ3n) is 4.81. The molecule has 4 rings (SSSR count). The van der Waals surface area contributed by atoms with Gasteiger partial charge in [-0.3, -0.25) is 0 Å². The Hall–Kier alpha value is -2.94. The summed E-state index contributed by atoms with van der Waals surface area (Å²) in [6.45, 7) is 0. The van der Waals surface area contributed by atoms with E-state index in [1.165, 1.54) is 0 Å². The third-order valence-corrected chi connectivity index (χ3v) is 4.81. The zero-order valence-electron chi connectivity index (χ0n) is 14.3. The number of hydrogen-bond acceptors (Lipinski definition) is 2. The van der Waals surface area contributed by atoms with Crippen molar-refractivity contribution >= 4 is 24.3 Å². The first-order valence-corrected chi connectivity index (χ1v) is 8.73. The summed E-state index contributed by atoms with van der Waals surface area (Å²) in [4.78, 5) is 0. The highest BCUT2D eigenvalue weighted by Gasteiger charge is 2.23. The fraction of sp³-hybridized carbons (Fsp3) is 0.0833. The fourth-order valence-corrected chi connectivity index (χ4v) is 3.38. The first-order valence-electron chi connectivity index (χ1n) is 8.73. The van der Waals surface area contributed by atoms with E-state index in [1.807, 2.05) is 85.0 Å². The molecular weight excluding hydrogens is 320 g/mol. The highest BCUT2D eigenvalue weighted by Crippen LogP contribution is 2.34. The first-order chi connectivity index (χ1) is 12.7. The molecule has 0 aliphatic heterocycles. The molecule has 0 spiro atoms. The molecule has 2 N–H and O–H groups in total. The molecule has 3 aromatic carbocycles. The lowest BCUT2D eigenvalue weighted by molar-refractivity contribution is 0.0170. The summed E-state index contributed by atoms with van der Waals surface area (Å²) in [7, 11) is 0. The van der Waals surface area contributed by atoms with Gasteiger partial charge in [-0.1, -0.05) is 97.1 Å². The fourth-order valence-electron chi connectivity index (χ4n) is 3.38. The molecule has 0 fully saturated rings. The van der Waals surface area contributed by atoms with Crippen LogP contribution in [0.4, 0.5) is 0 Å². The summed E-state index contributed by atoms with van der Waals surface area (Å²) >= 11 is 0. The number of hydrogen-bond donors (Lipinski definition) is 2. The molecule has 0 aromatic heterocycles. The summed E-state index contributed by atoms with van der Waals surface area (Å²) in [6, 6.07) is 23.5. The monoisotopic (exact) mass is 340 g/mol. The first kappa shape index (κ1) is 16.5. The van der Waals surface area contributed by atoms with E-state index in [2.05, 4.69) is 12.1 Å². The van der Waals surface area contributed by atoms with Crippen LogP contribution < -0.4 is 0 Å². The molecule has 2 heteroatoms. The van der Waals surface area contributed by atoms with Gasteiger partial charge in [0.1, 0.15) is 12.2 Å². The number of aliphatic hydroxyl groups is 2. The van der Waals surface area contributed by atoms with E-state index >= 15 is 0 Å². The smallest absolute Gasteiger partial charge is 0.110 e. The Labute approximate surface area is 153 Å². The standard InChI is InChI=1S/C24H20O2/c25-23-21-11-5-3-9-19(21)15-13-17-7-1-2-8-18(17)14-16-20-10-4-6-12-22(20)24(23)26/h1-16,23-26H/b15-13-,16-14-/t23-,24+. The maximum Gasteiger partial charge on any atom is 0.110 e. The predicted octanol–water partition coefficient (Wildman–Crippen LogP) is 5.11. The summed E-state index contributed by atoms with van der Waals surface area (Å²) in [6.07, 6.45) is 6.08. The SMILES string of the molecule is O[C@@H]1c2ccccc2/C=C\c2ccccc2/C=C\c2ccccc2[C@@H]1O. The van der Waals surface area contributed by atoms with Crippen LogP contribution >= 0.6 is 0 Å². The molecule has 128 valence electrons. The molecule has 1 aliphatic rings. The number of benzene rings is 3. The van der Waals surface area contributed by atoms with Crippen molar-refractivity contribution in [1.29, 1.82) is 0 Å². The predicted molar refractivity (Wildman–Crippen MR) is 107 cm³/mol. The van der Waals surface area contributed by atoms with E-state index in [4.69, 9.17) is 0 Å². The lowest BCUT2D eigenvalue weighted by Crippen LogP contribution is -2.12. The van der Waals surface area contributed by atoms with Gasteiger partial charge in [0.05, 0.1) is 0 Å². The van der Waals surface area contributed by atoms with Gasteiger partial charge in [-0.15, -0.1) is 0 Å². The van der Waals surface area contributed by atoms with Crippen LogP contribution in [0.25, 0.3) is 24.3 Å². The molecule has 1 aliphatic carbocycles. The molecule has 0 amide bonds. The Balaban J connectivity index is 1.96. The molecule has 0 radical (unpaired) electrons. The van der Waals surface area contributed by atoms with Gasteiger partial charge in [0.25, 0.3) is 0 Å². The van der Waals surface area contributed by atoms with E-state index in [1.54, 1.807) is 0 Å². The highest BCUT2D eigenvalue weighted by atomic mass is 16.3. The van der Waals surface area contributed by atoms with Crippen molar-refractivity contribution < 1.29 is 10.2 Å². The van der Waals surface area contributed by atoms with Crippen LogP contribution in [0.1, 0.15) is 45.6 Å². The van der Waals surface area contributed by atoms with Gasteiger partial charge in [0.15, 0.2) is 0 Å². The van der Waals surface area contributed by atoms with E-state index in [0.717, 1.165) is 22.3 Å². The molecule has 26 heavy (non-hydrogen) atoms. The molecule has 0 saturated heterocycles. The zero-order valence-corrected chi connectivity index (χ0v) is 14.3. The minimum absolute atomic E-state index is 0.716. The molecular formula is C24H20O2. The largest absolute Gasteiger partial charge is 0.385 e. The van der Waals surface area contributed by atoms with Crippen molar-refractivity contribution in [3.05, 3.63) is 106 Å². The summed E-state index contributed by atoms with van der Waals surface area (Å²) in [5.74, 6) is 0. The normalized spacial score (nSPS) is 21.3. The van der Waals surface area contributed by atoms with Crippen LogP contribution in [-0.4, -0.2) is 10.2 Å². The average Bonchev–Trinajstić information content (AvgIpc) is 2.70. The van der Waals surface area contributed by atoms with E-state index in [0.29, 0.717) is 11.1 Å². The summed E-state index contributed by atoms with van der Waals surface area (Å²) in [5.41, 5.74) is 5.44. The van der Waals surface area contributed by atoms with Gasteiger partial charge in [0, 0.05) is 0 Å². The Morgan fingerprint density at radius 3 is 1.15 bits per heavy atom. The second kappa shape index (κ2) is 7.12. The lowest BCUT2D eigenvalue weighted by atomic mass is 9.90. The van der Waals surface area contributed by atoms with Gasteiger partial charge in [-0.2, -0.15) is 0 Å². The maximum atomic E-state index is 10.8. The van der Waals surface area contributed by atoms with Crippen molar-refractivity contribution in [3.8, 4) is 0 Å². The van der Waals surface area contributed by atoms with Gasteiger partial charge >= 0.3 is 0 Å². The zero-order chi connectivity index (χ0) is 17.9. The number of fused-ring (bicyclic) bond motifs is 3. The topological polar surface area (TPSA) is 40.5 Å². The Morgan fingerprint density at radius 2 is 0.731 bits per heavy atom. The molecule has 0 heterocycles. The molecule has 3 aromatic rings. The second-order valence-corrected chi connectivity index (χ2v) is 6.44. The van der Waals surface area contributed by atoms with E-state index in [-0.39, 0.29) is 0 Å². The van der Waals surface area contributed by atoms with Crippen LogP contribution in [0.5, 0.6) is 0 Å².